The summed E-state index contributed by atoms with van der Waals surface area (Å²) in [5.74, 6) is -0.347. The molecule has 0 saturated carbocycles. The lowest BCUT2D eigenvalue weighted by molar-refractivity contribution is -0.139. The van der Waals surface area contributed by atoms with E-state index < -0.39 is 17.7 Å². The van der Waals surface area contributed by atoms with Gasteiger partial charge in [0.2, 0.25) is 0 Å². The second-order valence-corrected chi connectivity index (χ2v) is 7.65. The van der Waals surface area contributed by atoms with Crippen LogP contribution in [0.25, 0.3) is 5.76 Å². The number of aliphatic hydroxyl groups excluding tert-OH is 1. The second-order valence-electron chi connectivity index (χ2n) is 7.65. The van der Waals surface area contributed by atoms with Crippen molar-refractivity contribution in [3.63, 3.8) is 0 Å². The molecular formula is C25H25N3O5. The molecule has 8 nitrogen and oxygen atoms in total. The van der Waals surface area contributed by atoms with Crippen molar-refractivity contribution in [2.24, 2.45) is 0 Å². The van der Waals surface area contributed by atoms with Crippen molar-refractivity contribution in [1.82, 2.24) is 14.5 Å². The van der Waals surface area contributed by atoms with Gasteiger partial charge in [-0.3, -0.25) is 9.59 Å². The molecule has 0 radical (unpaired) electrons. The molecule has 1 aromatic heterocycles. The molecule has 170 valence electrons. The molecule has 0 bridgehead atoms. The van der Waals surface area contributed by atoms with E-state index in [0.717, 1.165) is 0 Å². The zero-order valence-electron chi connectivity index (χ0n) is 18.5. The molecule has 0 spiro atoms. The monoisotopic (exact) mass is 447 g/mol. The number of rotatable bonds is 8. The number of carbonyl (C=O) groups is 2. The van der Waals surface area contributed by atoms with Gasteiger partial charge >= 0.3 is 0 Å². The average Bonchev–Trinajstić information content (AvgIpc) is 3.46. The number of methoxy groups -OCH3 is 2. The maximum atomic E-state index is 13.1. The van der Waals surface area contributed by atoms with Crippen molar-refractivity contribution >= 4 is 17.4 Å². The molecule has 2 aromatic carbocycles. The summed E-state index contributed by atoms with van der Waals surface area (Å²) in [7, 11) is 3.10. The molecule has 1 unspecified atom stereocenters. The number of carbonyl (C=O) groups excluding carboxylic acids is 2. The smallest absolute Gasteiger partial charge is 0.295 e. The minimum atomic E-state index is -0.731. The van der Waals surface area contributed by atoms with E-state index in [1.165, 1.54) is 4.90 Å². The van der Waals surface area contributed by atoms with Gasteiger partial charge in [-0.25, -0.2) is 4.98 Å². The van der Waals surface area contributed by atoms with Gasteiger partial charge in [0, 0.05) is 31.0 Å². The summed E-state index contributed by atoms with van der Waals surface area (Å²) in [4.78, 5) is 31.7. The molecule has 0 aliphatic carbocycles. The van der Waals surface area contributed by atoms with E-state index in [1.807, 2.05) is 16.8 Å². The third-order valence-corrected chi connectivity index (χ3v) is 5.69. The van der Waals surface area contributed by atoms with Crippen molar-refractivity contribution in [2.75, 3.05) is 20.8 Å². The highest BCUT2D eigenvalue weighted by molar-refractivity contribution is 6.46. The summed E-state index contributed by atoms with van der Waals surface area (Å²) in [6.45, 7) is 0.982. The Morgan fingerprint density at radius 3 is 2.45 bits per heavy atom. The van der Waals surface area contributed by atoms with Crippen LogP contribution in [0.4, 0.5) is 0 Å². The predicted molar refractivity (Wildman–Crippen MR) is 122 cm³/mol. The first-order valence-corrected chi connectivity index (χ1v) is 10.6. The van der Waals surface area contributed by atoms with E-state index in [0.29, 0.717) is 42.1 Å². The van der Waals surface area contributed by atoms with Gasteiger partial charge in [-0.2, -0.15) is 0 Å². The van der Waals surface area contributed by atoms with Gasteiger partial charge in [0.1, 0.15) is 17.3 Å². The summed E-state index contributed by atoms with van der Waals surface area (Å²) in [6, 6.07) is 13.2. The fourth-order valence-electron chi connectivity index (χ4n) is 4.02. The number of nitrogens with zero attached hydrogens (tertiary/aromatic N) is 3. The summed E-state index contributed by atoms with van der Waals surface area (Å²) in [5.41, 5.74) is 1.17. The normalized spacial score (nSPS) is 17.4. The van der Waals surface area contributed by atoms with Gasteiger partial charge < -0.3 is 24.0 Å². The Hall–Kier alpha value is -4.07. The first-order valence-electron chi connectivity index (χ1n) is 10.6. The van der Waals surface area contributed by atoms with Crippen molar-refractivity contribution in [1.29, 1.82) is 0 Å². The lowest BCUT2D eigenvalue weighted by Crippen LogP contribution is -2.31. The second kappa shape index (κ2) is 9.60. The van der Waals surface area contributed by atoms with Crippen LogP contribution in [0, 0.1) is 0 Å². The zero-order chi connectivity index (χ0) is 23.4. The highest BCUT2D eigenvalue weighted by Crippen LogP contribution is 2.40. The topological polar surface area (TPSA) is 93.9 Å². The van der Waals surface area contributed by atoms with Gasteiger partial charge in [0.05, 0.1) is 32.2 Å². The van der Waals surface area contributed by atoms with Crippen LogP contribution >= 0.6 is 0 Å². The Labute approximate surface area is 191 Å². The number of ketones is 1. The number of aryl methyl sites for hydroxylation is 1. The number of likely N-dealkylation sites (tertiary alicyclic amines) is 1. The van der Waals surface area contributed by atoms with Gasteiger partial charge in [0.15, 0.2) is 0 Å². The highest BCUT2D eigenvalue weighted by Gasteiger charge is 2.45. The number of amides is 1. The van der Waals surface area contributed by atoms with Crippen LogP contribution in [-0.4, -0.2) is 52.0 Å². The first kappa shape index (κ1) is 22.1. The fourth-order valence-corrected chi connectivity index (χ4v) is 4.02. The van der Waals surface area contributed by atoms with E-state index in [2.05, 4.69) is 4.98 Å². The maximum absolute atomic E-state index is 13.1. The summed E-state index contributed by atoms with van der Waals surface area (Å²) in [5, 5.41) is 11.1. The third kappa shape index (κ3) is 4.45. The number of Topliss-reactive ketones (excluding diaryl/α,β-unsaturated/α-hetero) is 1. The van der Waals surface area contributed by atoms with E-state index in [1.54, 1.807) is 69.2 Å². The molecule has 1 atom stereocenters. The van der Waals surface area contributed by atoms with E-state index >= 15 is 0 Å². The molecule has 1 aliphatic heterocycles. The Morgan fingerprint density at radius 2 is 1.79 bits per heavy atom. The molecule has 3 aromatic rings. The van der Waals surface area contributed by atoms with Crippen LogP contribution in [0.1, 0.15) is 23.6 Å². The molecular weight excluding hydrogens is 422 g/mol. The zero-order valence-corrected chi connectivity index (χ0v) is 18.5. The average molecular weight is 447 g/mol. The molecule has 4 rings (SSSR count). The summed E-state index contributed by atoms with van der Waals surface area (Å²) >= 11 is 0. The Kier molecular flexibility index (Phi) is 6.44. The van der Waals surface area contributed by atoms with E-state index in [9.17, 15) is 14.7 Å². The van der Waals surface area contributed by atoms with Crippen LogP contribution in [0.2, 0.25) is 0 Å². The molecule has 8 heteroatoms. The van der Waals surface area contributed by atoms with Crippen LogP contribution < -0.4 is 9.47 Å². The van der Waals surface area contributed by atoms with Gasteiger partial charge in [-0.05, 0) is 48.4 Å². The molecule has 1 amide bonds. The van der Waals surface area contributed by atoms with E-state index in [-0.39, 0.29) is 11.3 Å². The van der Waals surface area contributed by atoms with E-state index in [4.69, 9.17) is 9.47 Å². The fraction of sp³-hybridized carbons (Fsp3) is 0.240. The van der Waals surface area contributed by atoms with Crippen LogP contribution in [0.15, 0.2) is 72.8 Å². The first-order chi connectivity index (χ1) is 16.0. The Morgan fingerprint density at radius 1 is 1.03 bits per heavy atom. The summed E-state index contributed by atoms with van der Waals surface area (Å²) in [6.07, 6.45) is 5.86. The molecule has 1 aliphatic rings. The molecule has 33 heavy (non-hydrogen) atoms. The van der Waals surface area contributed by atoms with Crippen molar-refractivity contribution in [3.05, 3.63) is 84.0 Å². The van der Waals surface area contributed by atoms with Gasteiger partial charge in [-0.15, -0.1) is 0 Å². The molecule has 1 saturated heterocycles. The number of hydrogen-bond acceptors (Lipinski definition) is 6. The van der Waals surface area contributed by atoms with Crippen LogP contribution in [0.5, 0.6) is 11.5 Å². The predicted octanol–water partition coefficient (Wildman–Crippen LogP) is 3.41. The Bertz CT molecular complexity index is 1170. The molecule has 1 N–H and O–H groups in total. The number of aliphatic hydroxyl groups is 1. The lowest BCUT2D eigenvalue weighted by Gasteiger charge is -2.25. The molecule has 2 heterocycles. The quantitative estimate of drug-likeness (QED) is 0.323. The third-order valence-electron chi connectivity index (χ3n) is 5.69. The number of hydrogen-bond donors (Lipinski definition) is 1. The standard InChI is InChI=1S/C25H25N3O5/c1-32-19-9-7-17(8-10-19)23(29)21-22(18-5-3-6-20(15-18)33-2)28(25(31)24(21)30)13-4-12-27-14-11-26-16-27/h3,5-11,14-16,22,29H,4,12-13H2,1-2H3/b23-21-. The number of imidazole rings is 1. The summed E-state index contributed by atoms with van der Waals surface area (Å²) < 4.78 is 12.4. The largest absolute Gasteiger partial charge is 0.507 e. The lowest BCUT2D eigenvalue weighted by atomic mass is 9.95. The van der Waals surface area contributed by atoms with Crippen molar-refractivity contribution in [3.8, 4) is 11.5 Å². The highest BCUT2D eigenvalue weighted by atomic mass is 16.5. The SMILES string of the molecule is COc1ccc(/C(O)=C2/C(=O)C(=O)N(CCCn3ccnc3)C2c2cccc(OC)c2)cc1. The van der Waals surface area contributed by atoms with Crippen LogP contribution in [-0.2, 0) is 16.1 Å². The Balaban J connectivity index is 1.74. The maximum Gasteiger partial charge on any atom is 0.295 e. The van der Waals surface area contributed by atoms with Crippen molar-refractivity contribution in [2.45, 2.75) is 19.0 Å². The van der Waals surface area contributed by atoms with Gasteiger partial charge in [0.25, 0.3) is 11.7 Å². The minimum Gasteiger partial charge on any atom is -0.507 e. The number of aromatic nitrogens is 2. The number of benzene rings is 2. The van der Waals surface area contributed by atoms with Crippen molar-refractivity contribution < 1.29 is 24.2 Å². The van der Waals surface area contributed by atoms with Gasteiger partial charge in [-0.1, -0.05) is 12.1 Å². The molecule has 1 fully saturated rings. The number of ether oxygens (including phenoxy) is 2. The van der Waals surface area contributed by atoms with Crippen LogP contribution in [0.3, 0.4) is 0 Å². The minimum absolute atomic E-state index is 0.0565.